The molecule has 2 aromatic rings. The maximum absolute atomic E-state index is 10.8. The van der Waals surface area contributed by atoms with Gasteiger partial charge >= 0.3 is 0 Å². The fraction of sp³-hybridized carbons (Fsp3) is 0.400. The summed E-state index contributed by atoms with van der Waals surface area (Å²) in [6.07, 6.45) is 1.56. The summed E-state index contributed by atoms with van der Waals surface area (Å²) in [4.78, 5) is 14.8. The number of hydrogen-bond acceptors (Lipinski definition) is 5. The van der Waals surface area contributed by atoms with Crippen LogP contribution in [0.25, 0.3) is 10.9 Å². The van der Waals surface area contributed by atoms with Crippen molar-refractivity contribution in [3.05, 3.63) is 40.4 Å². The molecule has 0 atom stereocenters. The lowest BCUT2D eigenvalue weighted by Crippen LogP contribution is -2.41. The van der Waals surface area contributed by atoms with Crippen LogP contribution in [0.3, 0.4) is 0 Å². The van der Waals surface area contributed by atoms with Gasteiger partial charge in [-0.05, 0) is 31.0 Å². The summed E-state index contributed by atoms with van der Waals surface area (Å²) in [5.74, 6) is 0.661. The molecule has 1 aromatic carbocycles. The Morgan fingerprint density at radius 3 is 2.57 bits per heavy atom. The summed E-state index contributed by atoms with van der Waals surface area (Å²) in [6.45, 7) is 4.05. The number of benzene rings is 1. The van der Waals surface area contributed by atoms with Crippen LogP contribution >= 0.6 is 0 Å². The number of nitro benzene ring substituents is 1. The van der Waals surface area contributed by atoms with Crippen LogP contribution in [0.2, 0.25) is 0 Å². The van der Waals surface area contributed by atoms with Crippen LogP contribution in [-0.4, -0.2) is 27.2 Å². The molecule has 112 valence electrons. The van der Waals surface area contributed by atoms with Gasteiger partial charge in [0.05, 0.1) is 22.6 Å². The lowest BCUT2D eigenvalue weighted by molar-refractivity contribution is -0.384. The quantitative estimate of drug-likeness (QED) is 0.630. The van der Waals surface area contributed by atoms with E-state index in [0.717, 1.165) is 18.2 Å². The number of hydrogen-bond donors (Lipinski definition) is 2. The first-order valence-corrected chi connectivity index (χ1v) is 6.98. The second-order valence-electron chi connectivity index (χ2n) is 5.10. The van der Waals surface area contributed by atoms with Crippen LogP contribution in [0, 0.1) is 10.1 Å². The number of nitro groups is 1. The topological polar surface area (TPSA) is 88.3 Å². The van der Waals surface area contributed by atoms with E-state index in [0.29, 0.717) is 11.3 Å². The van der Waals surface area contributed by atoms with Gasteiger partial charge in [-0.25, -0.2) is 4.98 Å². The van der Waals surface area contributed by atoms with E-state index in [1.54, 1.807) is 18.2 Å². The number of non-ortho nitro benzene ring substituents is 1. The van der Waals surface area contributed by atoms with Crippen LogP contribution < -0.4 is 5.32 Å². The Hall–Kier alpha value is -2.21. The van der Waals surface area contributed by atoms with Gasteiger partial charge in [0.15, 0.2) is 0 Å². The fourth-order valence-corrected chi connectivity index (χ4v) is 2.26. The molecule has 0 fully saturated rings. The standard InChI is InChI=1S/C15H19N3O3/c1-3-15(4-2,10-19)17-14-8-5-11-9-12(18(20)21)6-7-13(11)16-14/h5-9,19H,3-4,10H2,1-2H3,(H,16,17). The van der Waals surface area contributed by atoms with Crippen molar-refractivity contribution in [1.82, 2.24) is 4.98 Å². The van der Waals surface area contributed by atoms with Crippen molar-refractivity contribution >= 4 is 22.4 Å². The number of rotatable bonds is 6. The van der Waals surface area contributed by atoms with E-state index < -0.39 is 4.92 Å². The Kier molecular flexibility index (Phi) is 4.37. The molecule has 2 rings (SSSR count). The summed E-state index contributed by atoms with van der Waals surface area (Å²) in [6, 6.07) is 8.16. The Morgan fingerprint density at radius 1 is 1.29 bits per heavy atom. The molecule has 0 amide bonds. The third-order valence-electron chi connectivity index (χ3n) is 3.93. The molecule has 1 heterocycles. The van der Waals surface area contributed by atoms with Crippen LogP contribution in [0.1, 0.15) is 26.7 Å². The highest BCUT2D eigenvalue weighted by Gasteiger charge is 2.25. The molecule has 0 saturated heterocycles. The van der Waals surface area contributed by atoms with Crippen molar-refractivity contribution in [3.8, 4) is 0 Å². The first-order chi connectivity index (χ1) is 10.0. The second-order valence-corrected chi connectivity index (χ2v) is 5.10. The van der Waals surface area contributed by atoms with Crippen LogP contribution in [0.15, 0.2) is 30.3 Å². The number of aliphatic hydroxyl groups is 1. The van der Waals surface area contributed by atoms with Gasteiger partial charge in [-0.2, -0.15) is 0 Å². The molecule has 6 nitrogen and oxygen atoms in total. The van der Waals surface area contributed by atoms with E-state index >= 15 is 0 Å². The molecule has 0 unspecified atom stereocenters. The predicted molar refractivity (Wildman–Crippen MR) is 82.4 cm³/mol. The minimum Gasteiger partial charge on any atom is -0.394 e. The lowest BCUT2D eigenvalue weighted by atomic mass is 9.94. The number of nitrogens with one attached hydrogen (secondary N) is 1. The zero-order chi connectivity index (χ0) is 15.5. The largest absolute Gasteiger partial charge is 0.394 e. The maximum Gasteiger partial charge on any atom is 0.270 e. The van der Waals surface area contributed by atoms with E-state index in [2.05, 4.69) is 10.3 Å². The third-order valence-corrected chi connectivity index (χ3v) is 3.93. The monoisotopic (exact) mass is 289 g/mol. The molecule has 0 bridgehead atoms. The first-order valence-electron chi connectivity index (χ1n) is 6.98. The average Bonchev–Trinajstić information content (AvgIpc) is 2.52. The van der Waals surface area contributed by atoms with Crippen LogP contribution in [0.4, 0.5) is 11.5 Å². The van der Waals surface area contributed by atoms with Crippen molar-refractivity contribution in [1.29, 1.82) is 0 Å². The summed E-state index contributed by atoms with van der Waals surface area (Å²) < 4.78 is 0. The Balaban J connectivity index is 2.35. The lowest BCUT2D eigenvalue weighted by Gasteiger charge is -2.31. The van der Waals surface area contributed by atoms with Gasteiger partial charge < -0.3 is 10.4 Å². The van der Waals surface area contributed by atoms with Crippen LogP contribution in [-0.2, 0) is 0 Å². The molecule has 0 spiro atoms. The van der Waals surface area contributed by atoms with Gasteiger partial charge in [-0.15, -0.1) is 0 Å². The Labute approximate surface area is 123 Å². The normalized spacial score (nSPS) is 11.6. The second kappa shape index (κ2) is 6.05. The zero-order valence-electron chi connectivity index (χ0n) is 12.2. The van der Waals surface area contributed by atoms with Gasteiger partial charge in [-0.1, -0.05) is 13.8 Å². The maximum atomic E-state index is 10.8. The number of aliphatic hydroxyl groups excluding tert-OH is 1. The van der Waals surface area contributed by atoms with Crippen molar-refractivity contribution < 1.29 is 10.0 Å². The van der Waals surface area contributed by atoms with Gasteiger partial charge in [0.2, 0.25) is 0 Å². The zero-order valence-corrected chi connectivity index (χ0v) is 12.2. The molecular formula is C15H19N3O3. The number of aromatic nitrogens is 1. The number of anilines is 1. The summed E-state index contributed by atoms with van der Waals surface area (Å²) in [5, 5.41) is 24.3. The number of pyridine rings is 1. The molecular weight excluding hydrogens is 270 g/mol. The highest BCUT2D eigenvalue weighted by molar-refractivity contribution is 5.82. The minimum atomic E-state index is -0.420. The average molecular weight is 289 g/mol. The van der Waals surface area contributed by atoms with Crippen molar-refractivity contribution in [3.63, 3.8) is 0 Å². The Morgan fingerprint density at radius 2 is 2.00 bits per heavy atom. The van der Waals surface area contributed by atoms with Gasteiger partial charge in [-0.3, -0.25) is 10.1 Å². The van der Waals surface area contributed by atoms with E-state index in [4.69, 9.17) is 0 Å². The van der Waals surface area contributed by atoms with Gasteiger partial charge in [0.25, 0.3) is 5.69 Å². The van der Waals surface area contributed by atoms with E-state index in [1.807, 2.05) is 13.8 Å². The van der Waals surface area contributed by atoms with E-state index in [1.165, 1.54) is 12.1 Å². The summed E-state index contributed by atoms with van der Waals surface area (Å²) in [5.41, 5.74) is 0.350. The molecule has 0 aliphatic carbocycles. The summed E-state index contributed by atoms with van der Waals surface area (Å²) >= 11 is 0. The molecule has 0 saturated carbocycles. The Bertz CT molecular complexity index is 645. The molecule has 0 aliphatic rings. The third kappa shape index (κ3) is 3.11. The van der Waals surface area contributed by atoms with E-state index in [9.17, 15) is 15.2 Å². The molecule has 6 heteroatoms. The van der Waals surface area contributed by atoms with E-state index in [-0.39, 0.29) is 17.8 Å². The number of nitrogens with zero attached hydrogens (tertiary/aromatic N) is 2. The first kappa shape index (κ1) is 15.2. The molecule has 2 N–H and O–H groups in total. The van der Waals surface area contributed by atoms with Crippen molar-refractivity contribution in [2.45, 2.75) is 32.2 Å². The van der Waals surface area contributed by atoms with Gasteiger partial charge in [0, 0.05) is 17.5 Å². The molecule has 0 radical (unpaired) electrons. The smallest absolute Gasteiger partial charge is 0.270 e. The predicted octanol–water partition coefficient (Wildman–Crippen LogP) is 3.11. The fourth-order valence-electron chi connectivity index (χ4n) is 2.26. The highest BCUT2D eigenvalue weighted by atomic mass is 16.6. The van der Waals surface area contributed by atoms with Crippen molar-refractivity contribution in [2.24, 2.45) is 0 Å². The SMILES string of the molecule is CCC(CC)(CO)Nc1ccc2cc([N+](=O)[O-])ccc2n1. The van der Waals surface area contributed by atoms with Crippen molar-refractivity contribution in [2.75, 3.05) is 11.9 Å². The molecule has 0 aliphatic heterocycles. The molecule has 21 heavy (non-hydrogen) atoms. The highest BCUT2D eigenvalue weighted by Crippen LogP contribution is 2.24. The van der Waals surface area contributed by atoms with Gasteiger partial charge in [0.1, 0.15) is 5.82 Å². The van der Waals surface area contributed by atoms with Crippen LogP contribution in [0.5, 0.6) is 0 Å². The minimum absolute atomic E-state index is 0.0278. The molecule has 1 aromatic heterocycles. The summed E-state index contributed by atoms with van der Waals surface area (Å²) in [7, 11) is 0. The number of fused-ring (bicyclic) bond motifs is 1.